The van der Waals surface area contributed by atoms with Crippen LogP contribution in [-0.4, -0.2) is 27.3 Å². The number of ether oxygens (including phenoxy) is 2. The Kier molecular flexibility index (Phi) is 4.84. The van der Waals surface area contributed by atoms with Gasteiger partial charge in [0.25, 0.3) is 0 Å². The van der Waals surface area contributed by atoms with Crippen molar-refractivity contribution in [2.24, 2.45) is 11.1 Å². The number of hydrogen-bond donors (Lipinski definition) is 2. The highest BCUT2D eigenvalue weighted by atomic mass is 16.5. The smallest absolute Gasteiger partial charge is 0.142 e. The molecule has 0 aliphatic heterocycles. The van der Waals surface area contributed by atoms with Crippen molar-refractivity contribution >= 4 is 5.69 Å². The second kappa shape index (κ2) is 5.96. The van der Waals surface area contributed by atoms with Gasteiger partial charge in [-0.2, -0.15) is 0 Å². The molecule has 0 aromatic heterocycles. The third-order valence-corrected chi connectivity index (χ3v) is 3.03. The van der Waals surface area contributed by atoms with Crippen molar-refractivity contribution in [3.05, 3.63) is 17.7 Å². The summed E-state index contributed by atoms with van der Waals surface area (Å²) in [4.78, 5) is 0. The summed E-state index contributed by atoms with van der Waals surface area (Å²) < 4.78 is 10.7. The van der Waals surface area contributed by atoms with Crippen LogP contribution in [0.25, 0.3) is 0 Å². The fourth-order valence-corrected chi connectivity index (χ4v) is 1.60. The third-order valence-electron chi connectivity index (χ3n) is 3.03. The van der Waals surface area contributed by atoms with Gasteiger partial charge in [0.15, 0.2) is 0 Å². The minimum Gasteiger partial charge on any atom is -0.496 e. The van der Waals surface area contributed by atoms with Crippen LogP contribution in [-0.2, 0) is 0 Å². The molecule has 0 aliphatic rings. The highest BCUT2D eigenvalue weighted by molar-refractivity contribution is 5.62. The van der Waals surface area contributed by atoms with Gasteiger partial charge in [-0.3, -0.25) is 0 Å². The minimum atomic E-state index is 0.0448. The Balaban J connectivity index is 2.93. The van der Waals surface area contributed by atoms with E-state index >= 15 is 0 Å². The Morgan fingerprint density at radius 1 is 1.17 bits per heavy atom. The lowest BCUT2D eigenvalue weighted by molar-refractivity contribution is 0.394. The SMILES string of the molecule is COc1cc(NCC(C)(C)CN)c(OC)cc1C. The van der Waals surface area contributed by atoms with Crippen LogP contribution in [0.3, 0.4) is 0 Å². The van der Waals surface area contributed by atoms with E-state index in [1.165, 1.54) is 0 Å². The summed E-state index contributed by atoms with van der Waals surface area (Å²) in [5.41, 5.74) is 7.76. The van der Waals surface area contributed by atoms with Gasteiger partial charge in [-0.15, -0.1) is 0 Å². The van der Waals surface area contributed by atoms with Crippen LogP contribution in [0.2, 0.25) is 0 Å². The van der Waals surface area contributed by atoms with Gasteiger partial charge in [-0.05, 0) is 30.5 Å². The number of aryl methyl sites for hydroxylation is 1. The molecule has 0 amide bonds. The van der Waals surface area contributed by atoms with Crippen LogP contribution in [0, 0.1) is 12.3 Å². The lowest BCUT2D eigenvalue weighted by Gasteiger charge is -2.24. The molecule has 0 heterocycles. The molecular formula is C14H24N2O2. The van der Waals surface area contributed by atoms with E-state index in [1.807, 2.05) is 19.1 Å². The standard InChI is InChI=1S/C14H24N2O2/c1-10-6-13(18-5)11(7-12(10)17-4)16-9-14(2,3)8-15/h6-7,16H,8-9,15H2,1-5H3. The van der Waals surface area contributed by atoms with Crippen molar-refractivity contribution < 1.29 is 9.47 Å². The van der Waals surface area contributed by atoms with E-state index in [-0.39, 0.29) is 5.41 Å². The summed E-state index contributed by atoms with van der Waals surface area (Å²) in [6, 6.07) is 3.93. The summed E-state index contributed by atoms with van der Waals surface area (Å²) in [7, 11) is 3.34. The molecule has 1 aromatic carbocycles. The molecule has 3 N–H and O–H groups in total. The lowest BCUT2D eigenvalue weighted by Crippen LogP contribution is -2.31. The number of methoxy groups -OCH3 is 2. The van der Waals surface area contributed by atoms with Gasteiger partial charge < -0.3 is 20.5 Å². The van der Waals surface area contributed by atoms with Gasteiger partial charge in [0, 0.05) is 12.6 Å². The number of hydrogen-bond acceptors (Lipinski definition) is 4. The van der Waals surface area contributed by atoms with Crippen LogP contribution in [0.15, 0.2) is 12.1 Å². The molecule has 0 radical (unpaired) electrons. The fraction of sp³-hybridized carbons (Fsp3) is 0.571. The van der Waals surface area contributed by atoms with Gasteiger partial charge in [0.2, 0.25) is 0 Å². The van der Waals surface area contributed by atoms with E-state index in [0.29, 0.717) is 6.54 Å². The number of benzene rings is 1. The number of rotatable bonds is 6. The highest BCUT2D eigenvalue weighted by Crippen LogP contribution is 2.33. The molecule has 102 valence electrons. The Labute approximate surface area is 109 Å². The van der Waals surface area contributed by atoms with E-state index in [2.05, 4.69) is 19.2 Å². The highest BCUT2D eigenvalue weighted by Gasteiger charge is 2.16. The monoisotopic (exact) mass is 252 g/mol. The van der Waals surface area contributed by atoms with E-state index in [1.54, 1.807) is 14.2 Å². The van der Waals surface area contributed by atoms with Gasteiger partial charge in [-0.1, -0.05) is 13.8 Å². The van der Waals surface area contributed by atoms with Crippen LogP contribution >= 0.6 is 0 Å². The maximum atomic E-state index is 5.73. The van der Waals surface area contributed by atoms with Crippen LogP contribution in [0.1, 0.15) is 19.4 Å². The summed E-state index contributed by atoms with van der Waals surface area (Å²) in [6.45, 7) is 7.65. The van der Waals surface area contributed by atoms with E-state index in [0.717, 1.165) is 29.3 Å². The molecule has 0 saturated carbocycles. The van der Waals surface area contributed by atoms with Crippen molar-refractivity contribution in [1.29, 1.82) is 0 Å². The van der Waals surface area contributed by atoms with E-state index in [9.17, 15) is 0 Å². The predicted octanol–water partition coefficient (Wildman–Crippen LogP) is 2.41. The van der Waals surface area contributed by atoms with Crippen LogP contribution < -0.4 is 20.5 Å². The first-order valence-corrected chi connectivity index (χ1v) is 6.10. The second-order valence-electron chi connectivity index (χ2n) is 5.24. The molecule has 0 spiro atoms. The zero-order valence-corrected chi connectivity index (χ0v) is 12.0. The average molecular weight is 252 g/mol. The van der Waals surface area contributed by atoms with Gasteiger partial charge in [-0.25, -0.2) is 0 Å². The maximum Gasteiger partial charge on any atom is 0.142 e. The Morgan fingerprint density at radius 3 is 2.28 bits per heavy atom. The Hall–Kier alpha value is -1.42. The molecule has 4 heteroatoms. The molecule has 0 fully saturated rings. The van der Waals surface area contributed by atoms with E-state index in [4.69, 9.17) is 15.2 Å². The molecule has 18 heavy (non-hydrogen) atoms. The van der Waals surface area contributed by atoms with Gasteiger partial charge >= 0.3 is 0 Å². The molecule has 4 nitrogen and oxygen atoms in total. The number of nitrogens with one attached hydrogen (secondary N) is 1. The van der Waals surface area contributed by atoms with Crippen molar-refractivity contribution in [1.82, 2.24) is 0 Å². The third kappa shape index (κ3) is 3.53. The van der Waals surface area contributed by atoms with Crippen LogP contribution in [0.4, 0.5) is 5.69 Å². The normalized spacial score (nSPS) is 11.2. The largest absolute Gasteiger partial charge is 0.496 e. The lowest BCUT2D eigenvalue weighted by atomic mass is 9.94. The van der Waals surface area contributed by atoms with Crippen molar-refractivity contribution in [2.75, 3.05) is 32.6 Å². The number of nitrogens with two attached hydrogens (primary N) is 1. The van der Waals surface area contributed by atoms with Crippen LogP contribution in [0.5, 0.6) is 11.5 Å². The molecular weight excluding hydrogens is 228 g/mol. The first-order valence-electron chi connectivity index (χ1n) is 6.10. The first kappa shape index (κ1) is 14.6. The quantitative estimate of drug-likeness (QED) is 0.816. The molecule has 1 rings (SSSR count). The van der Waals surface area contributed by atoms with E-state index < -0.39 is 0 Å². The molecule has 0 aliphatic carbocycles. The van der Waals surface area contributed by atoms with Gasteiger partial charge in [0.05, 0.1) is 19.9 Å². The predicted molar refractivity (Wildman–Crippen MR) is 75.6 cm³/mol. The molecule has 0 unspecified atom stereocenters. The van der Waals surface area contributed by atoms with Crippen molar-refractivity contribution in [3.63, 3.8) is 0 Å². The summed E-state index contributed by atoms with van der Waals surface area (Å²) in [5.74, 6) is 1.67. The molecule has 0 saturated heterocycles. The zero-order chi connectivity index (χ0) is 13.8. The topological polar surface area (TPSA) is 56.5 Å². The van der Waals surface area contributed by atoms with Crippen molar-refractivity contribution in [2.45, 2.75) is 20.8 Å². The van der Waals surface area contributed by atoms with Gasteiger partial charge in [0.1, 0.15) is 11.5 Å². The maximum absolute atomic E-state index is 5.73. The average Bonchev–Trinajstić information content (AvgIpc) is 2.36. The summed E-state index contributed by atoms with van der Waals surface area (Å²) in [6.07, 6.45) is 0. The Morgan fingerprint density at radius 2 is 1.78 bits per heavy atom. The number of anilines is 1. The summed E-state index contributed by atoms with van der Waals surface area (Å²) >= 11 is 0. The minimum absolute atomic E-state index is 0.0448. The fourth-order valence-electron chi connectivity index (χ4n) is 1.60. The van der Waals surface area contributed by atoms with Crippen molar-refractivity contribution in [3.8, 4) is 11.5 Å². The Bertz CT molecular complexity index is 403. The second-order valence-corrected chi connectivity index (χ2v) is 5.24. The first-order chi connectivity index (χ1) is 8.43. The zero-order valence-electron chi connectivity index (χ0n) is 12.0. The molecule has 0 bridgehead atoms. The summed E-state index contributed by atoms with van der Waals surface area (Å²) in [5, 5.41) is 3.37. The molecule has 1 aromatic rings. The molecule has 0 atom stereocenters.